The summed E-state index contributed by atoms with van der Waals surface area (Å²) in [5, 5.41) is 9.31. The lowest BCUT2D eigenvalue weighted by Gasteiger charge is -2.29. The molecule has 0 aromatic heterocycles. The van der Waals surface area contributed by atoms with Crippen molar-refractivity contribution in [3.8, 4) is 0 Å². The zero-order valence-electron chi connectivity index (χ0n) is 15.4. The van der Waals surface area contributed by atoms with E-state index in [-0.39, 0.29) is 24.1 Å². The number of fused-ring (bicyclic) bond motifs is 1. The average Bonchev–Trinajstić information content (AvgIpc) is 3.00. The Balaban J connectivity index is 1.42. The van der Waals surface area contributed by atoms with Crippen LogP contribution in [0.4, 0.5) is 0 Å². The van der Waals surface area contributed by atoms with E-state index in [4.69, 9.17) is 0 Å². The molecule has 3 heterocycles. The van der Waals surface area contributed by atoms with E-state index in [2.05, 4.69) is 16.0 Å². The second-order valence-corrected chi connectivity index (χ2v) is 7.69. The van der Waals surface area contributed by atoms with E-state index in [1.54, 1.807) is 4.90 Å². The Bertz CT molecular complexity index is 758. The van der Waals surface area contributed by atoms with Crippen LogP contribution in [0.1, 0.15) is 47.2 Å². The largest absolute Gasteiger partial charge is 0.322 e. The standard InChI is InChI=1S/C20H26N4O3/c25-18-7-6-17(19(26)23-18)24-12-16-14(4-1-5-15(16)20(24)27)11-22-10-13-3-2-8-21-9-13/h1,4-5,13,17,21-22H,2-3,6-12H2,(H,23,25,26). The van der Waals surface area contributed by atoms with Gasteiger partial charge in [0.1, 0.15) is 6.04 Å². The monoisotopic (exact) mass is 370 g/mol. The van der Waals surface area contributed by atoms with Gasteiger partial charge in [0.05, 0.1) is 0 Å². The zero-order valence-corrected chi connectivity index (χ0v) is 15.4. The van der Waals surface area contributed by atoms with Crippen LogP contribution in [0.2, 0.25) is 0 Å². The van der Waals surface area contributed by atoms with Crippen molar-refractivity contribution in [3.05, 3.63) is 34.9 Å². The first-order valence-corrected chi connectivity index (χ1v) is 9.80. The molecule has 0 spiro atoms. The minimum Gasteiger partial charge on any atom is -0.322 e. The smallest absolute Gasteiger partial charge is 0.255 e. The van der Waals surface area contributed by atoms with Crippen molar-refractivity contribution in [1.29, 1.82) is 0 Å². The van der Waals surface area contributed by atoms with Gasteiger partial charge in [-0.1, -0.05) is 12.1 Å². The summed E-state index contributed by atoms with van der Waals surface area (Å²) < 4.78 is 0. The molecule has 2 atom stereocenters. The molecule has 3 N–H and O–H groups in total. The molecule has 7 nitrogen and oxygen atoms in total. The van der Waals surface area contributed by atoms with E-state index in [0.29, 0.717) is 24.4 Å². The Morgan fingerprint density at radius 2 is 2.07 bits per heavy atom. The first-order valence-electron chi connectivity index (χ1n) is 9.80. The number of hydrogen-bond acceptors (Lipinski definition) is 5. The van der Waals surface area contributed by atoms with Gasteiger partial charge in [0.25, 0.3) is 5.91 Å². The topological polar surface area (TPSA) is 90.5 Å². The summed E-state index contributed by atoms with van der Waals surface area (Å²) in [5.74, 6) is -0.0886. The molecule has 0 aliphatic carbocycles. The third-order valence-electron chi connectivity index (χ3n) is 5.83. The highest BCUT2D eigenvalue weighted by Crippen LogP contribution is 2.29. The average molecular weight is 370 g/mol. The van der Waals surface area contributed by atoms with Crippen LogP contribution in [0.15, 0.2) is 18.2 Å². The third kappa shape index (κ3) is 3.75. The SMILES string of the molecule is O=C1CCC(N2Cc3c(CNCC4CCCNC4)cccc3C2=O)C(=O)N1. The molecular weight excluding hydrogens is 344 g/mol. The fraction of sp³-hybridized carbons (Fsp3) is 0.550. The molecule has 2 saturated heterocycles. The number of imide groups is 1. The minimum atomic E-state index is -0.559. The zero-order chi connectivity index (χ0) is 18.8. The predicted octanol–water partition coefficient (Wildman–Crippen LogP) is 0.537. The van der Waals surface area contributed by atoms with Gasteiger partial charge in [0.2, 0.25) is 11.8 Å². The number of amides is 3. The van der Waals surface area contributed by atoms with Gasteiger partial charge in [-0.2, -0.15) is 0 Å². The number of carbonyl (C=O) groups is 3. The van der Waals surface area contributed by atoms with Crippen molar-refractivity contribution < 1.29 is 14.4 Å². The summed E-state index contributed by atoms with van der Waals surface area (Å²) >= 11 is 0. The maximum atomic E-state index is 12.8. The van der Waals surface area contributed by atoms with Crippen LogP contribution in [0.25, 0.3) is 0 Å². The van der Waals surface area contributed by atoms with E-state index in [1.807, 2.05) is 18.2 Å². The van der Waals surface area contributed by atoms with Gasteiger partial charge in [-0.25, -0.2) is 0 Å². The Morgan fingerprint density at radius 1 is 1.19 bits per heavy atom. The van der Waals surface area contributed by atoms with Gasteiger partial charge in [0.15, 0.2) is 0 Å². The highest BCUT2D eigenvalue weighted by atomic mass is 16.2. The fourth-order valence-corrected chi connectivity index (χ4v) is 4.32. The van der Waals surface area contributed by atoms with Gasteiger partial charge in [0, 0.05) is 25.1 Å². The number of rotatable bonds is 5. The molecule has 1 aromatic rings. The lowest BCUT2D eigenvalue weighted by atomic mass is 9.99. The number of piperidine rings is 2. The summed E-state index contributed by atoms with van der Waals surface area (Å²) in [6.45, 7) is 4.28. The predicted molar refractivity (Wildman–Crippen MR) is 99.8 cm³/mol. The lowest BCUT2D eigenvalue weighted by Crippen LogP contribution is -2.52. The van der Waals surface area contributed by atoms with Crippen LogP contribution in [-0.2, 0) is 22.7 Å². The molecule has 7 heteroatoms. The number of nitrogens with one attached hydrogen (secondary N) is 3. The van der Waals surface area contributed by atoms with Gasteiger partial charge in [-0.15, -0.1) is 0 Å². The Labute approximate surface area is 158 Å². The third-order valence-corrected chi connectivity index (χ3v) is 5.83. The molecule has 2 fully saturated rings. The van der Waals surface area contributed by atoms with Crippen molar-refractivity contribution in [1.82, 2.24) is 20.9 Å². The Hall–Kier alpha value is -2.25. The molecule has 3 aliphatic heterocycles. The molecule has 4 rings (SSSR count). The molecule has 3 aliphatic rings. The van der Waals surface area contributed by atoms with Gasteiger partial charge in [-0.05, 0) is 62.0 Å². The Morgan fingerprint density at radius 3 is 2.85 bits per heavy atom. The number of carbonyl (C=O) groups excluding carboxylic acids is 3. The summed E-state index contributed by atoms with van der Waals surface area (Å²) in [7, 11) is 0. The quantitative estimate of drug-likeness (QED) is 0.658. The lowest BCUT2D eigenvalue weighted by molar-refractivity contribution is -0.136. The van der Waals surface area contributed by atoms with Crippen LogP contribution < -0.4 is 16.0 Å². The summed E-state index contributed by atoms with van der Waals surface area (Å²) in [4.78, 5) is 38.0. The number of benzene rings is 1. The first kappa shape index (κ1) is 18.1. The molecule has 0 saturated carbocycles. The van der Waals surface area contributed by atoms with Crippen molar-refractivity contribution in [3.63, 3.8) is 0 Å². The number of hydrogen-bond donors (Lipinski definition) is 3. The summed E-state index contributed by atoms with van der Waals surface area (Å²) in [6.07, 6.45) is 3.14. The molecule has 3 amide bonds. The van der Waals surface area contributed by atoms with Crippen molar-refractivity contribution in [2.75, 3.05) is 19.6 Å². The van der Waals surface area contributed by atoms with E-state index >= 15 is 0 Å². The molecule has 1 aromatic carbocycles. The molecule has 144 valence electrons. The second kappa shape index (κ2) is 7.78. The highest BCUT2D eigenvalue weighted by molar-refractivity contribution is 6.05. The van der Waals surface area contributed by atoms with Crippen LogP contribution in [0.3, 0.4) is 0 Å². The second-order valence-electron chi connectivity index (χ2n) is 7.69. The number of nitrogens with zero attached hydrogens (tertiary/aromatic N) is 1. The van der Waals surface area contributed by atoms with Gasteiger partial charge in [-0.3, -0.25) is 19.7 Å². The molecule has 27 heavy (non-hydrogen) atoms. The van der Waals surface area contributed by atoms with E-state index in [0.717, 1.165) is 37.3 Å². The fourth-order valence-electron chi connectivity index (χ4n) is 4.32. The molecule has 0 radical (unpaired) electrons. The van der Waals surface area contributed by atoms with Crippen LogP contribution in [0.5, 0.6) is 0 Å². The van der Waals surface area contributed by atoms with Crippen LogP contribution >= 0.6 is 0 Å². The first-order chi connectivity index (χ1) is 13.1. The normalized spacial score (nSPS) is 25.5. The maximum absolute atomic E-state index is 12.8. The minimum absolute atomic E-state index is 0.113. The Kier molecular flexibility index (Phi) is 5.22. The van der Waals surface area contributed by atoms with E-state index in [1.165, 1.54) is 12.8 Å². The molecular formula is C20H26N4O3. The molecule has 0 bridgehead atoms. The van der Waals surface area contributed by atoms with E-state index < -0.39 is 6.04 Å². The van der Waals surface area contributed by atoms with Crippen LogP contribution in [0, 0.1) is 5.92 Å². The summed E-state index contributed by atoms with van der Waals surface area (Å²) in [5.41, 5.74) is 2.79. The highest BCUT2D eigenvalue weighted by Gasteiger charge is 2.39. The molecule has 2 unspecified atom stereocenters. The van der Waals surface area contributed by atoms with Crippen LogP contribution in [-0.4, -0.2) is 48.3 Å². The van der Waals surface area contributed by atoms with Gasteiger partial charge >= 0.3 is 0 Å². The maximum Gasteiger partial charge on any atom is 0.255 e. The van der Waals surface area contributed by atoms with Crippen molar-refractivity contribution >= 4 is 17.7 Å². The van der Waals surface area contributed by atoms with Crippen molar-refractivity contribution in [2.24, 2.45) is 5.92 Å². The summed E-state index contributed by atoms with van der Waals surface area (Å²) in [6, 6.07) is 5.23. The van der Waals surface area contributed by atoms with Gasteiger partial charge < -0.3 is 15.5 Å². The van der Waals surface area contributed by atoms with Crippen molar-refractivity contribution in [2.45, 2.75) is 44.8 Å². The van der Waals surface area contributed by atoms with E-state index in [9.17, 15) is 14.4 Å².